The normalized spacial score (nSPS) is 17.7. The van der Waals surface area contributed by atoms with Crippen LogP contribution in [0.5, 0.6) is 0 Å². The van der Waals surface area contributed by atoms with Crippen molar-refractivity contribution in [1.82, 2.24) is 8.87 Å². The van der Waals surface area contributed by atoms with E-state index in [1.54, 1.807) is 4.57 Å². The van der Waals surface area contributed by atoms with Gasteiger partial charge in [0.1, 0.15) is 16.8 Å². The highest BCUT2D eigenvalue weighted by Crippen LogP contribution is 2.32. The van der Waals surface area contributed by atoms with Gasteiger partial charge in [-0.25, -0.2) is 8.42 Å². The minimum atomic E-state index is -3.87. The first kappa shape index (κ1) is 24.1. The van der Waals surface area contributed by atoms with E-state index in [1.807, 2.05) is 26.0 Å². The Morgan fingerprint density at radius 3 is 2.67 bits per heavy atom. The highest BCUT2D eigenvalue weighted by atomic mass is 35.5. The van der Waals surface area contributed by atoms with Crippen LogP contribution in [0.25, 0.3) is 10.2 Å². The second-order valence-corrected chi connectivity index (χ2v) is 12.6. The number of thiophene rings is 1. The lowest BCUT2D eigenvalue weighted by Gasteiger charge is -2.20. The third kappa shape index (κ3) is 4.65. The van der Waals surface area contributed by atoms with E-state index in [-0.39, 0.29) is 17.3 Å². The molecule has 1 saturated heterocycles. The van der Waals surface area contributed by atoms with Gasteiger partial charge in [-0.2, -0.15) is 9.30 Å². The van der Waals surface area contributed by atoms with Crippen molar-refractivity contribution in [3.05, 3.63) is 44.5 Å². The zero-order chi connectivity index (χ0) is 23.9. The second-order valence-electron chi connectivity index (χ2n) is 7.76. The number of aryl methyl sites for hydroxylation is 2. The fraction of sp³-hybridized carbons (Fsp3) is 0.381. The smallest absolute Gasteiger partial charge is 0.325 e. The quantitative estimate of drug-likeness (QED) is 0.473. The van der Waals surface area contributed by atoms with Crippen molar-refractivity contribution >= 4 is 66.4 Å². The maximum absolute atomic E-state index is 13.2. The summed E-state index contributed by atoms with van der Waals surface area (Å²) in [6.45, 7) is 4.03. The van der Waals surface area contributed by atoms with E-state index in [0.717, 1.165) is 32.7 Å². The lowest BCUT2D eigenvalue weighted by molar-refractivity contribution is -0.141. The van der Waals surface area contributed by atoms with Crippen molar-refractivity contribution in [2.45, 2.75) is 43.5 Å². The molecule has 3 heterocycles. The first-order chi connectivity index (χ1) is 15.6. The molecule has 2 aromatic heterocycles. The van der Waals surface area contributed by atoms with Crippen LogP contribution < -0.4 is 4.80 Å². The molecule has 0 bridgehead atoms. The summed E-state index contributed by atoms with van der Waals surface area (Å²) in [5.74, 6) is -1.03. The second kappa shape index (κ2) is 9.30. The van der Waals surface area contributed by atoms with E-state index in [1.165, 1.54) is 34.9 Å². The van der Waals surface area contributed by atoms with Gasteiger partial charge in [0, 0.05) is 6.54 Å². The Morgan fingerprint density at radius 2 is 2.00 bits per heavy atom. The number of methoxy groups -OCH3 is 1. The molecule has 1 unspecified atom stereocenters. The Kier molecular flexibility index (Phi) is 6.79. The van der Waals surface area contributed by atoms with Gasteiger partial charge in [0.2, 0.25) is 0 Å². The predicted octanol–water partition coefficient (Wildman–Crippen LogP) is 3.49. The number of carbonyl (C=O) groups is 2. The molecule has 3 aromatic rings. The number of aromatic nitrogens is 1. The Labute approximate surface area is 204 Å². The van der Waals surface area contributed by atoms with E-state index in [4.69, 9.17) is 16.3 Å². The van der Waals surface area contributed by atoms with Gasteiger partial charge in [-0.05, 0) is 56.0 Å². The Bertz CT molecular complexity index is 1420. The number of halogens is 1. The molecule has 1 aromatic carbocycles. The highest BCUT2D eigenvalue weighted by molar-refractivity contribution is 7.91. The average Bonchev–Trinajstić information content (AvgIpc) is 3.48. The molecule has 12 heteroatoms. The number of benzene rings is 1. The Balaban J connectivity index is 1.77. The number of sulfonamides is 1. The zero-order valence-corrected chi connectivity index (χ0v) is 21.4. The summed E-state index contributed by atoms with van der Waals surface area (Å²) in [5.41, 5.74) is 2.79. The summed E-state index contributed by atoms with van der Waals surface area (Å²) in [7, 11) is -2.57. The van der Waals surface area contributed by atoms with Crippen molar-refractivity contribution in [2.75, 3.05) is 13.7 Å². The number of fused-ring (bicyclic) bond motifs is 1. The van der Waals surface area contributed by atoms with Crippen LogP contribution in [-0.2, 0) is 30.9 Å². The molecule has 0 radical (unpaired) electrons. The number of hydrogen-bond donors (Lipinski definition) is 0. The summed E-state index contributed by atoms with van der Waals surface area (Å²) in [4.78, 5) is 29.9. The van der Waals surface area contributed by atoms with E-state index >= 15 is 0 Å². The minimum absolute atomic E-state index is 0.0981. The van der Waals surface area contributed by atoms with Crippen LogP contribution in [0.2, 0.25) is 4.34 Å². The topological polar surface area (TPSA) is 98.0 Å². The van der Waals surface area contributed by atoms with Crippen LogP contribution in [0.15, 0.2) is 33.5 Å². The van der Waals surface area contributed by atoms with Gasteiger partial charge in [0.05, 0.1) is 21.7 Å². The van der Waals surface area contributed by atoms with E-state index in [2.05, 4.69) is 4.99 Å². The maximum Gasteiger partial charge on any atom is 0.325 e. The molecule has 33 heavy (non-hydrogen) atoms. The van der Waals surface area contributed by atoms with Gasteiger partial charge in [0.15, 0.2) is 4.80 Å². The summed E-state index contributed by atoms with van der Waals surface area (Å²) in [6, 6.07) is 6.01. The molecule has 1 amide bonds. The number of nitrogens with zero attached hydrogens (tertiary/aromatic N) is 3. The van der Waals surface area contributed by atoms with Crippen molar-refractivity contribution in [2.24, 2.45) is 4.99 Å². The molecule has 0 aliphatic carbocycles. The van der Waals surface area contributed by atoms with Gasteiger partial charge < -0.3 is 9.30 Å². The van der Waals surface area contributed by atoms with Crippen LogP contribution in [0.1, 0.15) is 24.0 Å². The first-order valence-corrected chi connectivity index (χ1v) is 13.6. The fourth-order valence-electron chi connectivity index (χ4n) is 3.94. The minimum Gasteiger partial charge on any atom is -0.468 e. The molecule has 1 aliphatic rings. The lowest BCUT2D eigenvalue weighted by atomic mass is 10.1. The third-order valence-electron chi connectivity index (χ3n) is 5.44. The standard InChI is InChI=1S/C21H22ClN3O5S3/c1-12-9-13(2)19-15(10-12)24(11-17(26)30-3)21(32-19)23-20(27)14-5-4-8-25(14)33(28,29)18-7-6-16(22)31-18/h6-7,9-10,14H,4-5,8,11H2,1-3H3. The van der Waals surface area contributed by atoms with Crippen LogP contribution >= 0.6 is 34.3 Å². The summed E-state index contributed by atoms with van der Waals surface area (Å²) in [6.07, 6.45) is 0.928. The maximum atomic E-state index is 13.2. The number of rotatable bonds is 5. The number of hydrogen-bond acceptors (Lipinski definition) is 7. The van der Waals surface area contributed by atoms with Crippen LogP contribution in [0, 0.1) is 13.8 Å². The van der Waals surface area contributed by atoms with Crippen molar-refractivity contribution in [1.29, 1.82) is 0 Å². The Hall–Kier alpha value is -2.05. The predicted molar refractivity (Wildman–Crippen MR) is 128 cm³/mol. The molecule has 0 spiro atoms. The van der Waals surface area contributed by atoms with Crippen molar-refractivity contribution in [3.63, 3.8) is 0 Å². The number of esters is 1. The molecule has 0 saturated carbocycles. The van der Waals surface area contributed by atoms with E-state index in [9.17, 15) is 18.0 Å². The van der Waals surface area contributed by atoms with Crippen LogP contribution in [0.4, 0.5) is 0 Å². The first-order valence-electron chi connectivity index (χ1n) is 10.1. The molecule has 1 fully saturated rings. The van der Waals surface area contributed by atoms with Gasteiger partial charge in [0.25, 0.3) is 15.9 Å². The Morgan fingerprint density at radius 1 is 1.24 bits per heavy atom. The van der Waals surface area contributed by atoms with E-state index < -0.39 is 27.9 Å². The van der Waals surface area contributed by atoms with Crippen molar-refractivity contribution in [3.8, 4) is 0 Å². The molecule has 176 valence electrons. The third-order valence-corrected chi connectivity index (χ3v) is 10.3. The molecule has 1 atom stereocenters. The van der Waals surface area contributed by atoms with E-state index in [0.29, 0.717) is 22.0 Å². The van der Waals surface area contributed by atoms with Gasteiger partial charge >= 0.3 is 5.97 Å². The average molecular weight is 528 g/mol. The molecule has 8 nitrogen and oxygen atoms in total. The number of ether oxygens (including phenoxy) is 1. The number of carbonyl (C=O) groups excluding carboxylic acids is 2. The summed E-state index contributed by atoms with van der Waals surface area (Å²) >= 11 is 8.17. The highest BCUT2D eigenvalue weighted by Gasteiger charge is 2.40. The molecular formula is C21H22ClN3O5S3. The molecule has 4 rings (SSSR count). The number of thiazole rings is 1. The summed E-state index contributed by atoms with van der Waals surface area (Å²) < 4.78 is 35.3. The molecule has 1 aliphatic heterocycles. The monoisotopic (exact) mass is 527 g/mol. The zero-order valence-electron chi connectivity index (χ0n) is 18.2. The number of amides is 1. The molecule has 0 N–H and O–H groups in total. The van der Waals surface area contributed by atoms with Gasteiger partial charge in [-0.1, -0.05) is 29.0 Å². The fourth-order valence-corrected chi connectivity index (χ4v) is 8.29. The SMILES string of the molecule is COC(=O)Cn1c(=NC(=O)C2CCCN2S(=O)(=O)c2ccc(Cl)s2)sc2c(C)cc(C)cc21. The van der Waals surface area contributed by atoms with Gasteiger partial charge in [-0.15, -0.1) is 11.3 Å². The lowest BCUT2D eigenvalue weighted by Crippen LogP contribution is -2.40. The van der Waals surface area contributed by atoms with Gasteiger partial charge in [-0.3, -0.25) is 9.59 Å². The molecular weight excluding hydrogens is 506 g/mol. The largest absolute Gasteiger partial charge is 0.468 e. The summed E-state index contributed by atoms with van der Waals surface area (Å²) in [5, 5.41) is 0. The van der Waals surface area contributed by atoms with Crippen molar-refractivity contribution < 1.29 is 22.7 Å². The van der Waals surface area contributed by atoms with Crippen LogP contribution in [-0.4, -0.2) is 48.9 Å². The van der Waals surface area contributed by atoms with Crippen LogP contribution in [0.3, 0.4) is 0 Å².